The van der Waals surface area contributed by atoms with Crippen molar-refractivity contribution in [2.75, 3.05) is 0 Å². The first-order valence-corrected chi connectivity index (χ1v) is 43.6. The smallest absolute Gasteiger partial charge is 0.164 e. The zero-order valence-corrected chi connectivity index (χ0v) is 69.6. The average Bonchev–Trinajstić information content (AvgIpc) is 1.31. The lowest BCUT2D eigenvalue weighted by atomic mass is 9.84. The lowest BCUT2D eigenvalue weighted by Gasteiger charge is -2.19. The number of nitrogens with zero attached hydrogens (tertiary/aromatic N) is 6. The third kappa shape index (κ3) is 13.0. The van der Waals surface area contributed by atoms with Gasteiger partial charge in [0.25, 0.3) is 0 Å². The number of para-hydroxylation sites is 5. The monoisotopic (exact) mass is 1630 g/mol. The van der Waals surface area contributed by atoms with E-state index in [1.807, 2.05) is 72.8 Å². The van der Waals surface area contributed by atoms with Crippen LogP contribution in [-0.2, 0) is 0 Å². The van der Waals surface area contributed by atoms with Crippen LogP contribution in [0, 0.1) is 0 Å². The highest BCUT2D eigenvalue weighted by Gasteiger charge is 2.24. The first kappa shape index (κ1) is 74.7. The molecule has 5 aromatic heterocycles. The Labute approximate surface area is 738 Å². The summed E-state index contributed by atoms with van der Waals surface area (Å²) in [5.74, 6) is 1.86. The van der Waals surface area contributed by atoms with E-state index in [0.29, 0.717) is 17.5 Å². The molecule has 0 saturated heterocycles. The minimum atomic E-state index is 0.603. The Balaban J connectivity index is 0.000000109. The Hall–Kier alpha value is -17.1. The second-order valence-electron chi connectivity index (χ2n) is 32.8. The summed E-state index contributed by atoms with van der Waals surface area (Å²) in [6, 6.07) is 169. The van der Waals surface area contributed by atoms with Crippen LogP contribution in [0.3, 0.4) is 0 Å². The minimum absolute atomic E-state index is 0.603. The molecule has 26 rings (SSSR count). The van der Waals surface area contributed by atoms with Crippen LogP contribution in [0.5, 0.6) is 0 Å². The van der Waals surface area contributed by atoms with Gasteiger partial charge in [-0.3, -0.25) is 0 Å². The summed E-state index contributed by atoms with van der Waals surface area (Å²) in [7, 11) is 0. The molecule has 7 heteroatoms. The van der Waals surface area contributed by atoms with Crippen molar-refractivity contribution in [3.05, 3.63) is 473 Å². The maximum absolute atomic E-state index is 6.44. The first-order chi connectivity index (χ1) is 63.5. The Morgan fingerprint density at radius 2 is 0.453 bits per heavy atom. The molecular weight excluding hydrogens is 1550 g/mol. The van der Waals surface area contributed by atoms with Gasteiger partial charge < -0.3 is 18.1 Å². The van der Waals surface area contributed by atoms with Crippen LogP contribution in [-0.4, -0.2) is 28.7 Å². The molecule has 21 aromatic carbocycles. The van der Waals surface area contributed by atoms with Crippen LogP contribution >= 0.6 is 0 Å². The van der Waals surface area contributed by atoms with Gasteiger partial charge in [0, 0.05) is 76.8 Å². The van der Waals surface area contributed by atoms with Gasteiger partial charge in [-0.05, 0) is 208 Å². The number of hydrogen-bond donors (Lipinski definition) is 0. The summed E-state index contributed by atoms with van der Waals surface area (Å²) in [4.78, 5) is 15.0. The van der Waals surface area contributed by atoms with E-state index < -0.39 is 0 Å². The molecule has 598 valence electrons. The normalized spacial score (nSPS) is 11.6. The minimum Gasteiger partial charge on any atom is -0.456 e. The number of aromatic nitrogens is 6. The summed E-state index contributed by atoms with van der Waals surface area (Å²) < 4.78 is 13.5. The van der Waals surface area contributed by atoms with Crippen LogP contribution in [0.1, 0.15) is 0 Å². The Morgan fingerprint density at radius 3 is 0.875 bits per heavy atom. The highest BCUT2D eigenvalue weighted by atomic mass is 16.3. The summed E-state index contributed by atoms with van der Waals surface area (Å²) >= 11 is 0. The van der Waals surface area contributed by atoms with Crippen molar-refractivity contribution in [2.24, 2.45) is 0 Å². The standard InChI is InChI=1S/C45H28N4O.C42H28N2.C34H22/c1-4-13-29(14-5-1)43-46-44(30-15-6-2-7-16-30)48-45(47-43)35-20-12-22-41-42(35)37-28-32(24-26-40(37)50-41)31-23-25-39-36(27-31)34-19-10-11-21-38(34)49(39)33-17-8-3-9-18-33;1-3-11-29(12-4-1)30-19-23-34(24-20-30)44-40-18-10-8-16-36(40)38-28-32(22-26-42(38)44)31-21-25-41-37(27-31)35-15-7-9-17-39(35)43(41)33-13-5-2-6-14-33;1-3-15-25-23(11-1)13-9-21-27(25)33-29-17-5-7-19-31(29)34(32-20-8-6-18-30(32)33)28-22-10-14-24-12-2-4-16-26(24)28/h1-28H;1-28H;1-22H. The van der Waals surface area contributed by atoms with E-state index in [4.69, 9.17) is 19.4 Å². The lowest BCUT2D eigenvalue weighted by Crippen LogP contribution is -2.00. The van der Waals surface area contributed by atoms with Crippen molar-refractivity contribution in [2.45, 2.75) is 0 Å². The van der Waals surface area contributed by atoms with Gasteiger partial charge in [0.15, 0.2) is 17.5 Å². The lowest BCUT2D eigenvalue weighted by molar-refractivity contribution is 0.669. The van der Waals surface area contributed by atoms with Crippen molar-refractivity contribution in [1.82, 2.24) is 28.7 Å². The number of fused-ring (bicyclic) bond motifs is 16. The molecule has 0 atom stereocenters. The van der Waals surface area contributed by atoms with Crippen LogP contribution < -0.4 is 0 Å². The SMILES string of the molecule is c1ccc(-c2ccc(-n3c4ccccc4c4cc(-c5ccc6c(c5)c5ccccc5n6-c5ccccc5)ccc43)cc2)cc1.c1ccc(-c2nc(-c3ccccc3)nc(-c3cccc4oc5ccc(-c6ccc7c(c6)c6ccccc6n7-c6ccccc6)cc5c34)n2)cc1.c1ccc2c(-c3c4ccccc4c(-c4cccc5ccccc45)c4ccccc34)cccc2c1. The molecule has 0 aliphatic heterocycles. The molecule has 0 spiro atoms. The Bertz CT molecular complexity index is 8530. The van der Waals surface area contributed by atoms with Gasteiger partial charge in [-0.25, -0.2) is 15.0 Å². The fraction of sp³-hybridized carbons (Fsp3) is 0. The third-order valence-electron chi connectivity index (χ3n) is 25.4. The van der Waals surface area contributed by atoms with Crippen LogP contribution in [0.2, 0.25) is 0 Å². The third-order valence-corrected chi connectivity index (χ3v) is 25.4. The summed E-state index contributed by atoms with van der Waals surface area (Å²) in [5.41, 5.74) is 27.5. The van der Waals surface area contributed by atoms with Gasteiger partial charge in [0.1, 0.15) is 11.2 Å². The molecule has 128 heavy (non-hydrogen) atoms. The van der Waals surface area contributed by atoms with Gasteiger partial charge in [-0.1, -0.05) is 364 Å². The van der Waals surface area contributed by atoms with Gasteiger partial charge in [0.2, 0.25) is 0 Å². The fourth-order valence-electron chi connectivity index (χ4n) is 19.6. The zero-order valence-electron chi connectivity index (χ0n) is 69.6. The molecule has 0 saturated carbocycles. The molecule has 5 heterocycles. The van der Waals surface area contributed by atoms with E-state index in [0.717, 1.165) is 55.4 Å². The summed E-state index contributed by atoms with van der Waals surface area (Å²) in [6.45, 7) is 0. The van der Waals surface area contributed by atoms with Crippen molar-refractivity contribution in [3.8, 4) is 107 Å². The van der Waals surface area contributed by atoms with Crippen LogP contribution in [0.4, 0.5) is 0 Å². The van der Waals surface area contributed by atoms with Gasteiger partial charge in [-0.2, -0.15) is 0 Å². The Kier molecular flexibility index (Phi) is 18.5. The fourth-order valence-corrected chi connectivity index (χ4v) is 19.6. The second kappa shape index (κ2) is 31.6. The Morgan fingerprint density at radius 1 is 0.164 bits per heavy atom. The van der Waals surface area contributed by atoms with Crippen molar-refractivity contribution >= 4 is 130 Å². The molecule has 0 unspecified atom stereocenters. The quantitative estimate of drug-likeness (QED) is 0.121. The second-order valence-corrected chi connectivity index (χ2v) is 32.8. The van der Waals surface area contributed by atoms with Gasteiger partial charge in [0.05, 0.1) is 33.1 Å². The largest absolute Gasteiger partial charge is 0.456 e. The number of rotatable bonds is 11. The van der Waals surface area contributed by atoms with Gasteiger partial charge in [-0.15, -0.1) is 0 Å². The highest BCUT2D eigenvalue weighted by Crippen LogP contribution is 2.49. The van der Waals surface area contributed by atoms with Crippen LogP contribution in [0.25, 0.3) is 237 Å². The van der Waals surface area contributed by atoms with Gasteiger partial charge >= 0.3 is 0 Å². The molecule has 0 N–H and O–H groups in total. The maximum atomic E-state index is 6.44. The number of furan rings is 1. The predicted octanol–water partition coefficient (Wildman–Crippen LogP) is 32.4. The molecule has 0 aliphatic rings. The molecule has 0 aliphatic carbocycles. The van der Waals surface area contributed by atoms with E-state index in [1.54, 1.807) is 0 Å². The van der Waals surface area contributed by atoms with Crippen molar-refractivity contribution in [1.29, 1.82) is 0 Å². The predicted molar refractivity (Wildman–Crippen MR) is 537 cm³/mol. The van der Waals surface area contributed by atoms with E-state index in [9.17, 15) is 0 Å². The van der Waals surface area contributed by atoms with Crippen LogP contribution in [0.15, 0.2) is 478 Å². The van der Waals surface area contributed by atoms with E-state index >= 15 is 0 Å². The van der Waals surface area contributed by atoms with E-state index in [1.165, 1.54) is 164 Å². The first-order valence-electron chi connectivity index (χ1n) is 43.6. The zero-order chi connectivity index (χ0) is 84.5. The van der Waals surface area contributed by atoms with E-state index in [-0.39, 0.29) is 0 Å². The van der Waals surface area contributed by atoms with E-state index in [2.05, 4.69) is 414 Å². The average molecular weight is 1630 g/mol. The molecule has 0 bridgehead atoms. The molecule has 26 aromatic rings. The number of hydrogen-bond acceptors (Lipinski definition) is 4. The highest BCUT2D eigenvalue weighted by molar-refractivity contribution is 6.26. The molecule has 0 amide bonds. The molecule has 7 nitrogen and oxygen atoms in total. The van der Waals surface area contributed by atoms with Crippen molar-refractivity contribution < 1.29 is 4.42 Å². The summed E-state index contributed by atoms with van der Waals surface area (Å²) in [6.07, 6.45) is 0. The summed E-state index contributed by atoms with van der Waals surface area (Å²) in [5, 5.41) is 19.8. The molecular formula is C121H78N6O. The molecule has 0 fully saturated rings. The topological polar surface area (TPSA) is 66.6 Å². The molecule has 0 radical (unpaired) electrons. The van der Waals surface area contributed by atoms with Crippen molar-refractivity contribution in [3.63, 3.8) is 0 Å². The number of benzene rings is 21. The maximum Gasteiger partial charge on any atom is 0.164 e.